The van der Waals surface area contributed by atoms with Gasteiger partial charge in [0.15, 0.2) is 4.83 Å². The average Bonchev–Trinajstić information content (AvgIpc) is 3.16. The highest BCUT2D eigenvalue weighted by Gasteiger charge is 2.31. The molecule has 7 nitrogen and oxygen atoms in total. The highest BCUT2D eigenvalue weighted by molar-refractivity contribution is 7.21. The lowest BCUT2D eigenvalue weighted by atomic mass is 9.89. The minimum atomic E-state index is -0.196. The molecular weight excluding hydrogens is 412 g/mol. The van der Waals surface area contributed by atoms with Crippen molar-refractivity contribution in [3.63, 3.8) is 0 Å². The fraction of sp³-hybridized carbons (Fsp3) is 0.391. The van der Waals surface area contributed by atoms with Crippen molar-refractivity contribution in [2.75, 3.05) is 49.4 Å². The summed E-state index contributed by atoms with van der Waals surface area (Å²) in [4.78, 5) is 20.6. The number of H-pyrrole nitrogens is 1. The summed E-state index contributed by atoms with van der Waals surface area (Å²) in [5.74, 6) is 1.67. The molecule has 1 aliphatic carbocycles. The van der Waals surface area contributed by atoms with Gasteiger partial charge in [-0.2, -0.15) is 0 Å². The minimum absolute atomic E-state index is 0.196. The summed E-state index contributed by atoms with van der Waals surface area (Å²) >= 11 is 1.43. The van der Waals surface area contributed by atoms with Crippen LogP contribution in [0.5, 0.6) is 5.75 Å². The van der Waals surface area contributed by atoms with E-state index in [0.717, 1.165) is 55.8 Å². The molecule has 1 saturated heterocycles. The lowest BCUT2D eigenvalue weighted by Gasteiger charge is -2.26. The topological polar surface area (TPSA) is 91.0 Å². The maximum Gasteiger partial charge on any atom is 0.279 e. The Labute approximate surface area is 185 Å². The van der Waals surface area contributed by atoms with E-state index in [1.165, 1.54) is 34.7 Å². The predicted octanol–water partition coefficient (Wildman–Crippen LogP) is 3.27. The average molecular weight is 440 g/mol. The first-order valence-electron chi connectivity index (χ1n) is 10.7. The van der Waals surface area contributed by atoms with Gasteiger partial charge in [-0.25, -0.2) is 4.98 Å². The van der Waals surface area contributed by atoms with Crippen LogP contribution in [0.1, 0.15) is 33.6 Å². The van der Waals surface area contributed by atoms with Gasteiger partial charge in [0.1, 0.15) is 23.7 Å². The number of rotatable bonds is 4. The van der Waals surface area contributed by atoms with Gasteiger partial charge in [0.25, 0.3) is 11.7 Å². The molecule has 1 aromatic carbocycles. The molecule has 0 saturated carbocycles. The van der Waals surface area contributed by atoms with Gasteiger partial charge in [0, 0.05) is 17.3 Å². The van der Waals surface area contributed by atoms with Crippen LogP contribution < -0.4 is 25.7 Å². The number of hydrogen-bond acceptors (Lipinski definition) is 6. The Kier molecular flexibility index (Phi) is 5.41. The molecule has 0 unspecified atom stereocenters. The zero-order valence-electron chi connectivity index (χ0n) is 17.6. The summed E-state index contributed by atoms with van der Waals surface area (Å²) in [6, 6.07) is 7.33. The van der Waals surface area contributed by atoms with Gasteiger partial charge >= 0.3 is 0 Å². The number of carbonyl (C=O) groups is 1. The van der Waals surface area contributed by atoms with Gasteiger partial charge in [-0.15, -0.1) is 0 Å². The van der Waals surface area contributed by atoms with Crippen molar-refractivity contribution in [2.45, 2.75) is 25.7 Å². The SMILES string of the molecule is COc1cccc(NC(=O)c2sc3[nH+]c(N4CCOCC4)c4c(c3c2N)CCCC4)c1. The Balaban J connectivity index is 1.55. The van der Waals surface area contributed by atoms with Crippen molar-refractivity contribution in [2.24, 2.45) is 0 Å². The number of pyridine rings is 1. The molecular formula is C23H27N4O3S+. The summed E-state index contributed by atoms with van der Waals surface area (Å²) < 4.78 is 10.8. The number of nitrogen functional groups attached to an aromatic ring is 1. The second-order valence-corrected chi connectivity index (χ2v) is 8.99. The number of carbonyl (C=O) groups excluding carboxylic acids is 1. The molecule has 5 rings (SSSR count). The second-order valence-electron chi connectivity index (χ2n) is 7.97. The molecule has 0 atom stereocenters. The molecule has 1 fully saturated rings. The number of morpholine rings is 1. The summed E-state index contributed by atoms with van der Waals surface area (Å²) in [5, 5.41) is 3.98. The van der Waals surface area contributed by atoms with Gasteiger partial charge in [-0.1, -0.05) is 17.4 Å². The first kappa shape index (κ1) is 20.1. The van der Waals surface area contributed by atoms with Gasteiger partial charge in [0.05, 0.1) is 31.4 Å². The smallest absolute Gasteiger partial charge is 0.279 e. The number of nitrogens with one attached hydrogen (secondary N) is 2. The quantitative estimate of drug-likeness (QED) is 0.651. The maximum atomic E-state index is 13.1. The standard InChI is InChI=1S/C23H26N4O3S/c1-29-15-6-4-5-14(13-15)25-22(28)20-19(24)18-16-7-2-3-8-17(16)21(26-23(18)31-20)27-9-11-30-12-10-27/h4-6,13H,2-3,7-12,24H2,1H3,(H,25,28)/p+1. The van der Waals surface area contributed by atoms with Crippen LogP contribution in [0.4, 0.5) is 17.2 Å². The Hall–Kier alpha value is -2.84. The fourth-order valence-electron chi connectivity index (χ4n) is 4.57. The van der Waals surface area contributed by atoms with Crippen LogP contribution in [0.25, 0.3) is 10.2 Å². The number of aromatic nitrogens is 1. The van der Waals surface area contributed by atoms with E-state index in [1.54, 1.807) is 13.2 Å². The number of nitrogens with zero attached hydrogens (tertiary/aromatic N) is 1. The molecule has 8 heteroatoms. The minimum Gasteiger partial charge on any atom is -0.497 e. The van der Waals surface area contributed by atoms with Crippen LogP contribution in [0, 0.1) is 0 Å². The molecule has 2 aliphatic rings. The molecule has 1 aliphatic heterocycles. The molecule has 0 radical (unpaired) electrons. The number of nitrogens with two attached hydrogens (primary N) is 1. The van der Waals surface area contributed by atoms with Crippen molar-refractivity contribution >= 4 is 44.7 Å². The molecule has 3 aromatic rings. The van der Waals surface area contributed by atoms with E-state index in [9.17, 15) is 4.79 Å². The summed E-state index contributed by atoms with van der Waals surface area (Å²) in [7, 11) is 1.61. The molecule has 3 heterocycles. The number of aromatic amines is 1. The Morgan fingerprint density at radius 3 is 2.77 bits per heavy atom. The van der Waals surface area contributed by atoms with Gasteiger partial charge in [-0.05, 0) is 43.4 Å². The van der Waals surface area contributed by atoms with Crippen LogP contribution in [-0.4, -0.2) is 39.3 Å². The molecule has 0 bridgehead atoms. The zero-order valence-corrected chi connectivity index (χ0v) is 18.4. The normalized spacial score (nSPS) is 16.2. The van der Waals surface area contributed by atoms with Crippen LogP contribution in [0.15, 0.2) is 24.3 Å². The highest BCUT2D eigenvalue weighted by atomic mass is 32.1. The first-order chi connectivity index (χ1) is 15.2. The number of aryl methyl sites for hydroxylation is 1. The summed E-state index contributed by atoms with van der Waals surface area (Å²) in [6.45, 7) is 3.22. The largest absolute Gasteiger partial charge is 0.497 e. The molecule has 2 aromatic heterocycles. The first-order valence-corrected chi connectivity index (χ1v) is 11.5. The number of amides is 1. The number of methoxy groups -OCH3 is 1. The summed E-state index contributed by atoms with van der Waals surface area (Å²) in [6.07, 6.45) is 4.36. The zero-order chi connectivity index (χ0) is 21.4. The molecule has 31 heavy (non-hydrogen) atoms. The predicted molar refractivity (Wildman–Crippen MR) is 123 cm³/mol. The fourth-order valence-corrected chi connectivity index (χ4v) is 5.61. The van der Waals surface area contributed by atoms with Crippen LogP contribution in [0.2, 0.25) is 0 Å². The number of fused-ring (bicyclic) bond motifs is 3. The Morgan fingerprint density at radius 2 is 2.00 bits per heavy atom. The Bertz CT molecular complexity index is 1140. The van der Waals surface area contributed by atoms with Crippen LogP contribution >= 0.6 is 11.3 Å². The third-order valence-electron chi connectivity index (χ3n) is 6.09. The van der Waals surface area contributed by atoms with Crippen LogP contribution in [-0.2, 0) is 17.6 Å². The van der Waals surface area contributed by atoms with E-state index >= 15 is 0 Å². The molecule has 4 N–H and O–H groups in total. The number of thiophene rings is 1. The van der Waals surface area contributed by atoms with E-state index in [1.807, 2.05) is 18.2 Å². The second kappa shape index (κ2) is 8.36. The molecule has 162 valence electrons. The van der Waals surface area contributed by atoms with Crippen molar-refractivity contribution in [3.8, 4) is 5.75 Å². The van der Waals surface area contributed by atoms with Crippen molar-refractivity contribution < 1.29 is 19.3 Å². The van der Waals surface area contributed by atoms with E-state index in [4.69, 9.17) is 15.2 Å². The van der Waals surface area contributed by atoms with Crippen molar-refractivity contribution in [3.05, 3.63) is 40.3 Å². The Morgan fingerprint density at radius 1 is 1.23 bits per heavy atom. The number of benzene rings is 1. The third kappa shape index (κ3) is 3.70. The van der Waals surface area contributed by atoms with E-state index in [-0.39, 0.29) is 5.91 Å². The van der Waals surface area contributed by atoms with Gasteiger partial charge < -0.3 is 20.5 Å². The molecule has 1 amide bonds. The lowest BCUT2D eigenvalue weighted by Crippen LogP contribution is -2.40. The van der Waals surface area contributed by atoms with Gasteiger partial charge in [0.2, 0.25) is 0 Å². The molecule has 0 spiro atoms. The number of ether oxygens (including phenoxy) is 2. The van der Waals surface area contributed by atoms with E-state index in [2.05, 4.69) is 15.2 Å². The highest BCUT2D eigenvalue weighted by Crippen LogP contribution is 2.40. The monoisotopic (exact) mass is 439 g/mol. The third-order valence-corrected chi connectivity index (χ3v) is 7.21. The van der Waals surface area contributed by atoms with Crippen LogP contribution in [0.3, 0.4) is 0 Å². The number of hydrogen-bond donors (Lipinski definition) is 2. The lowest BCUT2D eigenvalue weighted by molar-refractivity contribution is -0.328. The maximum absolute atomic E-state index is 13.1. The van der Waals surface area contributed by atoms with Crippen molar-refractivity contribution in [1.82, 2.24) is 0 Å². The van der Waals surface area contributed by atoms with E-state index < -0.39 is 0 Å². The van der Waals surface area contributed by atoms with Crippen molar-refractivity contribution in [1.29, 1.82) is 0 Å². The summed E-state index contributed by atoms with van der Waals surface area (Å²) in [5.41, 5.74) is 10.5. The number of anilines is 3. The van der Waals surface area contributed by atoms with Gasteiger partial charge in [-0.3, -0.25) is 9.69 Å². The van der Waals surface area contributed by atoms with E-state index in [0.29, 0.717) is 22.0 Å².